The fourth-order valence-electron chi connectivity index (χ4n) is 2.75. The van der Waals surface area contributed by atoms with Gasteiger partial charge in [-0.3, -0.25) is 0 Å². The van der Waals surface area contributed by atoms with Crippen LogP contribution in [0, 0.1) is 0 Å². The number of carbonyl (C=O) groups is 1. The summed E-state index contributed by atoms with van der Waals surface area (Å²) in [6.45, 7) is 0. The highest BCUT2D eigenvalue weighted by atomic mass is 79.9. The van der Waals surface area contributed by atoms with Crippen LogP contribution in [0.15, 0.2) is 28.7 Å². The predicted octanol–water partition coefficient (Wildman–Crippen LogP) is 4.32. The van der Waals surface area contributed by atoms with Crippen LogP contribution in [0.5, 0.6) is 0 Å². The van der Waals surface area contributed by atoms with Gasteiger partial charge in [-0.2, -0.15) is 0 Å². The first-order valence-corrected chi connectivity index (χ1v) is 7.80. The zero-order valence-electron chi connectivity index (χ0n) is 11.7. The molecule has 20 heavy (non-hydrogen) atoms. The summed E-state index contributed by atoms with van der Waals surface area (Å²) in [5, 5.41) is 8.65. The van der Waals surface area contributed by atoms with Crippen molar-refractivity contribution in [3.63, 3.8) is 0 Å². The summed E-state index contributed by atoms with van der Waals surface area (Å²) in [7, 11) is 2.14. The number of rotatable bonds is 4. The molecule has 0 radical (unpaired) electrons. The van der Waals surface area contributed by atoms with Gasteiger partial charge in [0, 0.05) is 23.6 Å². The highest BCUT2D eigenvalue weighted by molar-refractivity contribution is 9.10. The Morgan fingerprint density at radius 3 is 2.65 bits per heavy atom. The topological polar surface area (TPSA) is 40.5 Å². The largest absolute Gasteiger partial charge is 0.478 e. The lowest BCUT2D eigenvalue weighted by molar-refractivity contribution is -0.131. The fourth-order valence-corrected chi connectivity index (χ4v) is 3.42. The van der Waals surface area contributed by atoms with Crippen LogP contribution >= 0.6 is 15.9 Å². The Bertz CT molecular complexity index is 507. The average Bonchev–Trinajstić information content (AvgIpc) is 2.45. The quantitative estimate of drug-likeness (QED) is 0.832. The molecule has 0 saturated heterocycles. The molecule has 1 saturated carbocycles. The Balaban J connectivity index is 2.14. The summed E-state index contributed by atoms with van der Waals surface area (Å²) < 4.78 is 1.01. The average molecular weight is 338 g/mol. The first-order valence-electron chi connectivity index (χ1n) is 7.01. The zero-order chi connectivity index (χ0) is 14.5. The van der Waals surface area contributed by atoms with Gasteiger partial charge in [-0.05, 0) is 52.5 Å². The van der Waals surface area contributed by atoms with Crippen LogP contribution in [-0.4, -0.2) is 24.2 Å². The van der Waals surface area contributed by atoms with E-state index in [1.165, 1.54) is 37.8 Å². The third-order valence-corrected chi connectivity index (χ3v) is 4.53. The molecule has 4 heteroatoms. The normalized spacial score (nSPS) is 16.5. The molecule has 1 aliphatic carbocycles. The number of aliphatic carboxylic acids is 1. The van der Waals surface area contributed by atoms with E-state index in [2.05, 4.69) is 33.9 Å². The Morgan fingerprint density at radius 1 is 1.35 bits per heavy atom. The minimum Gasteiger partial charge on any atom is -0.478 e. The van der Waals surface area contributed by atoms with E-state index in [0.29, 0.717) is 6.04 Å². The number of carboxylic acids is 1. The summed E-state index contributed by atoms with van der Waals surface area (Å²) in [6, 6.07) is 6.59. The standard InChI is InChI=1S/C16H20BrNO2/c1-18(13-5-3-2-4-6-13)15-9-7-12(11-14(15)17)8-10-16(19)20/h7-11,13H,2-6H2,1H3,(H,19,20)/b10-8+. The van der Waals surface area contributed by atoms with Crippen molar-refractivity contribution in [3.8, 4) is 0 Å². The first-order chi connectivity index (χ1) is 9.58. The Hall–Kier alpha value is -1.29. The maximum atomic E-state index is 10.5. The monoisotopic (exact) mass is 337 g/mol. The third-order valence-electron chi connectivity index (χ3n) is 3.89. The molecule has 2 rings (SSSR count). The molecular weight excluding hydrogens is 318 g/mol. The first kappa shape index (κ1) is 15.1. The highest BCUT2D eigenvalue weighted by Crippen LogP contribution is 2.32. The zero-order valence-corrected chi connectivity index (χ0v) is 13.3. The predicted molar refractivity (Wildman–Crippen MR) is 86.1 cm³/mol. The van der Waals surface area contributed by atoms with Gasteiger partial charge >= 0.3 is 5.97 Å². The molecule has 1 N–H and O–H groups in total. The smallest absolute Gasteiger partial charge is 0.328 e. The van der Waals surface area contributed by atoms with Gasteiger partial charge in [0.15, 0.2) is 0 Å². The SMILES string of the molecule is CN(c1ccc(/C=C/C(=O)O)cc1Br)C1CCCCC1. The van der Waals surface area contributed by atoms with Crippen LogP contribution in [0.4, 0.5) is 5.69 Å². The second kappa shape index (κ2) is 6.93. The molecule has 1 aromatic carbocycles. The van der Waals surface area contributed by atoms with E-state index in [4.69, 9.17) is 5.11 Å². The molecule has 0 spiro atoms. The summed E-state index contributed by atoms with van der Waals surface area (Å²) in [5.74, 6) is -0.926. The van der Waals surface area contributed by atoms with Crippen LogP contribution in [0.1, 0.15) is 37.7 Å². The van der Waals surface area contributed by atoms with Crippen molar-refractivity contribution in [3.05, 3.63) is 34.3 Å². The van der Waals surface area contributed by atoms with Crippen LogP contribution in [0.3, 0.4) is 0 Å². The van der Waals surface area contributed by atoms with Crippen molar-refractivity contribution in [2.45, 2.75) is 38.1 Å². The van der Waals surface area contributed by atoms with Crippen molar-refractivity contribution in [2.75, 3.05) is 11.9 Å². The molecule has 0 aromatic heterocycles. The number of anilines is 1. The van der Waals surface area contributed by atoms with Crippen molar-refractivity contribution in [1.82, 2.24) is 0 Å². The molecular formula is C16H20BrNO2. The molecule has 108 valence electrons. The second-order valence-corrected chi connectivity index (χ2v) is 6.14. The van der Waals surface area contributed by atoms with Crippen LogP contribution < -0.4 is 4.90 Å². The van der Waals surface area contributed by atoms with Gasteiger partial charge in [-0.25, -0.2) is 4.79 Å². The third kappa shape index (κ3) is 3.85. The van der Waals surface area contributed by atoms with Crippen LogP contribution in [0.2, 0.25) is 0 Å². The van der Waals surface area contributed by atoms with E-state index in [0.717, 1.165) is 16.1 Å². The van der Waals surface area contributed by atoms with E-state index in [-0.39, 0.29) is 0 Å². The molecule has 1 aliphatic rings. The van der Waals surface area contributed by atoms with Gasteiger partial charge in [0.2, 0.25) is 0 Å². The Labute approximate surface area is 128 Å². The summed E-state index contributed by atoms with van der Waals surface area (Å²) in [4.78, 5) is 12.9. The molecule has 1 fully saturated rings. The van der Waals surface area contributed by atoms with Crippen molar-refractivity contribution in [2.24, 2.45) is 0 Å². The maximum absolute atomic E-state index is 10.5. The number of carboxylic acid groups (broad SMARTS) is 1. The number of hydrogen-bond donors (Lipinski definition) is 1. The summed E-state index contributed by atoms with van der Waals surface area (Å²) in [5.41, 5.74) is 2.06. The summed E-state index contributed by atoms with van der Waals surface area (Å²) >= 11 is 3.60. The van der Waals surface area contributed by atoms with E-state index in [9.17, 15) is 4.79 Å². The lowest BCUT2D eigenvalue weighted by Crippen LogP contribution is -2.33. The molecule has 0 bridgehead atoms. The van der Waals surface area contributed by atoms with E-state index < -0.39 is 5.97 Å². The molecule has 0 atom stereocenters. The fraction of sp³-hybridized carbons (Fsp3) is 0.438. The molecule has 1 aromatic rings. The Morgan fingerprint density at radius 2 is 2.05 bits per heavy atom. The van der Waals surface area contributed by atoms with Crippen molar-refractivity contribution in [1.29, 1.82) is 0 Å². The Kier molecular flexibility index (Phi) is 5.24. The van der Waals surface area contributed by atoms with Crippen LogP contribution in [0.25, 0.3) is 6.08 Å². The molecule has 0 aliphatic heterocycles. The van der Waals surface area contributed by atoms with Gasteiger partial charge in [-0.1, -0.05) is 25.3 Å². The highest BCUT2D eigenvalue weighted by Gasteiger charge is 2.19. The minimum absolute atomic E-state index is 0.612. The van der Waals surface area contributed by atoms with E-state index in [1.54, 1.807) is 6.08 Å². The summed E-state index contributed by atoms with van der Waals surface area (Å²) in [6.07, 6.45) is 9.25. The van der Waals surface area contributed by atoms with Gasteiger partial charge in [0.25, 0.3) is 0 Å². The molecule has 3 nitrogen and oxygen atoms in total. The van der Waals surface area contributed by atoms with Crippen molar-refractivity contribution < 1.29 is 9.90 Å². The number of halogens is 1. The maximum Gasteiger partial charge on any atom is 0.328 e. The van der Waals surface area contributed by atoms with Crippen LogP contribution in [-0.2, 0) is 4.79 Å². The van der Waals surface area contributed by atoms with E-state index >= 15 is 0 Å². The lowest BCUT2D eigenvalue weighted by Gasteiger charge is -2.33. The minimum atomic E-state index is -0.926. The number of benzene rings is 1. The number of nitrogens with zero attached hydrogens (tertiary/aromatic N) is 1. The van der Waals surface area contributed by atoms with Gasteiger partial charge in [0.05, 0.1) is 5.69 Å². The second-order valence-electron chi connectivity index (χ2n) is 5.29. The van der Waals surface area contributed by atoms with Gasteiger partial charge < -0.3 is 10.0 Å². The van der Waals surface area contributed by atoms with Crippen molar-refractivity contribution >= 4 is 33.7 Å². The molecule has 0 amide bonds. The number of hydrogen-bond acceptors (Lipinski definition) is 2. The van der Waals surface area contributed by atoms with Gasteiger partial charge in [-0.15, -0.1) is 0 Å². The molecule has 0 unspecified atom stereocenters. The van der Waals surface area contributed by atoms with E-state index in [1.807, 2.05) is 12.1 Å². The van der Waals surface area contributed by atoms with Gasteiger partial charge in [0.1, 0.15) is 0 Å². The molecule has 0 heterocycles. The lowest BCUT2D eigenvalue weighted by atomic mass is 9.94.